The van der Waals surface area contributed by atoms with Crippen LogP contribution in [0.3, 0.4) is 0 Å². The normalized spacial score (nSPS) is 12.4. The molecule has 2 aromatic carbocycles. The third kappa shape index (κ3) is 2.70. The molecule has 3 N–H and O–H groups in total. The van der Waals surface area contributed by atoms with Crippen LogP contribution in [0.25, 0.3) is 0 Å². The van der Waals surface area contributed by atoms with Gasteiger partial charge in [-0.05, 0) is 30.2 Å². The summed E-state index contributed by atoms with van der Waals surface area (Å²) in [4.78, 5) is 0. The Hall–Kier alpha value is -1.42. The molecule has 1 atom stereocenters. The van der Waals surface area contributed by atoms with Crippen LogP contribution in [0.4, 0.5) is 4.39 Å². The number of hydrogen-bond donors (Lipinski definition) is 2. The van der Waals surface area contributed by atoms with E-state index in [1.165, 1.54) is 12.1 Å². The van der Waals surface area contributed by atoms with Gasteiger partial charge in [0.25, 0.3) is 0 Å². The molecule has 0 aliphatic heterocycles. The van der Waals surface area contributed by atoms with Gasteiger partial charge in [0.2, 0.25) is 0 Å². The second-order valence-electron chi connectivity index (χ2n) is 4.18. The molecule has 94 valence electrons. The molecular weight excluding hydrogens is 251 g/mol. The zero-order valence-corrected chi connectivity index (χ0v) is 10.7. The molecule has 0 aliphatic carbocycles. The summed E-state index contributed by atoms with van der Waals surface area (Å²) in [6.07, 6.45) is 0. The average Bonchev–Trinajstić information content (AvgIpc) is 2.33. The standard InChI is InChI=1S/C14H14ClFN2/c1-9-3-2-4-10(7-9)14(18-17)12-6-5-11(16)8-13(12)15/h2-8,14,18H,17H2,1H3. The number of nitrogens with two attached hydrogens (primary N) is 1. The Morgan fingerprint density at radius 1 is 1.22 bits per heavy atom. The predicted molar refractivity (Wildman–Crippen MR) is 71.8 cm³/mol. The highest BCUT2D eigenvalue weighted by Crippen LogP contribution is 2.28. The molecular formula is C14H14ClFN2. The number of hydrogen-bond acceptors (Lipinski definition) is 2. The van der Waals surface area contributed by atoms with E-state index >= 15 is 0 Å². The molecule has 1 unspecified atom stereocenters. The average molecular weight is 265 g/mol. The van der Waals surface area contributed by atoms with E-state index in [2.05, 4.69) is 5.43 Å². The highest BCUT2D eigenvalue weighted by molar-refractivity contribution is 6.31. The Balaban J connectivity index is 2.45. The quantitative estimate of drug-likeness (QED) is 0.659. The Kier molecular flexibility index (Phi) is 3.97. The summed E-state index contributed by atoms with van der Waals surface area (Å²) >= 11 is 6.06. The maximum absolute atomic E-state index is 13.0. The van der Waals surface area contributed by atoms with Gasteiger partial charge in [-0.2, -0.15) is 0 Å². The van der Waals surface area contributed by atoms with Crippen LogP contribution in [-0.2, 0) is 0 Å². The van der Waals surface area contributed by atoms with Crippen LogP contribution < -0.4 is 11.3 Å². The predicted octanol–water partition coefficient (Wildman–Crippen LogP) is 3.34. The lowest BCUT2D eigenvalue weighted by molar-refractivity contribution is 0.615. The number of nitrogens with one attached hydrogen (secondary N) is 1. The van der Waals surface area contributed by atoms with Crippen molar-refractivity contribution in [2.75, 3.05) is 0 Å². The lowest BCUT2D eigenvalue weighted by atomic mass is 9.98. The van der Waals surface area contributed by atoms with Crippen LogP contribution in [0.2, 0.25) is 5.02 Å². The summed E-state index contributed by atoms with van der Waals surface area (Å²) < 4.78 is 13.0. The minimum absolute atomic E-state index is 0.252. The summed E-state index contributed by atoms with van der Waals surface area (Å²) in [6, 6.07) is 12.0. The summed E-state index contributed by atoms with van der Waals surface area (Å²) in [5.74, 6) is 5.23. The van der Waals surface area contributed by atoms with E-state index in [0.717, 1.165) is 16.7 Å². The van der Waals surface area contributed by atoms with Crippen molar-refractivity contribution in [3.8, 4) is 0 Å². The fraction of sp³-hybridized carbons (Fsp3) is 0.143. The van der Waals surface area contributed by atoms with Gasteiger partial charge < -0.3 is 0 Å². The van der Waals surface area contributed by atoms with Crippen molar-refractivity contribution in [2.24, 2.45) is 5.84 Å². The van der Waals surface area contributed by atoms with Gasteiger partial charge >= 0.3 is 0 Å². The van der Waals surface area contributed by atoms with Gasteiger partial charge in [-0.1, -0.05) is 47.5 Å². The Morgan fingerprint density at radius 3 is 2.61 bits per heavy atom. The molecule has 0 saturated heterocycles. The Labute approximate surface area is 111 Å². The van der Waals surface area contributed by atoms with Crippen molar-refractivity contribution in [3.05, 3.63) is 70.0 Å². The molecule has 0 amide bonds. The minimum Gasteiger partial charge on any atom is -0.271 e. The van der Waals surface area contributed by atoms with E-state index in [0.29, 0.717) is 5.02 Å². The third-order valence-corrected chi connectivity index (χ3v) is 3.14. The van der Waals surface area contributed by atoms with Crippen LogP contribution in [-0.4, -0.2) is 0 Å². The van der Waals surface area contributed by atoms with Crippen molar-refractivity contribution in [2.45, 2.75) is 13.0 Å². The van der Waals surface area contributed by atoms with E-state index in [9.17, 15) is 4.39 Å². The molecule has 18 heavy (non-hydrogen) atoms. The molecule has 0 spiro atoms. The highest BCUT2D eigenvalue weighted by Gasteiger charge is 2.16. The van der Waals surface area contributed by atoms with Crippen LogP contribution in [0.1, 0.15) is 22.7 Å². The number of halogens is 2. The maximum Gasteiger partial charge on any atom is 0.124 e. The first-order chi connectivity index (χ1) is 8.61. The zero-order valence-electron chi connectivity index (χ0n) is 9.95. The monoisotopic (exact) mass is 264 g/mol. The highest BCUT2D eigenvalue weighted by atomic mass is 35.5. The van der Waals surface area contributed by atoms with Crippen LogP contribution >= 0.6 is 11.6 Å². The molecule has 0 aliphatic rings. The molecule has 4 heteroatoms. The first kappa shape index (κ1) is 13.0. The van der Waals surface area contributed by atoms with Crippen molar-refractivity contribution >= 4 is 11.6 Å². The number of aryl methyl sites for hydroxylation is 1. The molecule has 2 rings (SSSR count). The van der Waals surface area contributed by atoms with E-state index in [1.54, 1.807) is 6.07 Å². The number of benzene rings is 2. The van der Waals surface area contributed by atoms with E-state index in [1.807, 2.05) is 31.2 Å². The van der Waals surface area contributed by atoms with Gasteiger partial charge in [-0.15, -0.1) is 0 Å². The summed E-state index contributed by atoms with van der Waals surface area (Å²) in [6.45, 7) is 2.00. The van der Waals surface area contributed by atoms with Gasteiger partial charge in [-0.3, -0.25) is 5.84 Å². The lowest BCUT2D eigenvalue weighted by Gasteiger charge is -2.18. The zero-order chi connectivity index (χ0) is 13.1. The SMILES string of the molecule is Cc1cccc(C(NN)c2ccc(F)cc2Cl)c1. The van der Waals surface area contributed by atoms with Crippen LogP contribution in [0.5, 0.6) is 0 Å². The summed E-state index contributed by atoms with van der Waals surface area (Å²) in [7, 11) is 0. The van der Waals surface area contributed by atoms with Crippen molar-refractivity contribution in [1.29, 1.82) is 0 Å². The van der Waals surface area contributed by atoms with Crippen LogP contribution in [0, 0.1) is 12.7 Å². The van der Waals surface area contributed by atoms with Crippen molar-refractivity contribution < 1.29 is 4.39 Å². The molecule has 0 fully saturated rings. The summed E-state index contributed by atoms with van der Waals surface area (Å²) in [5, 5.41) is 0.361. The summed E-state index contributed by atoms with van der Waals surface area (Å²) in [5.41, 5.74) is 5.59. The van der Waals surface area contributed by atoms with Crippen molar-refractivity contribution in [3.63, 3.8) is 0 Å². The second kappa shape index (κ2) is 5.48. The molecule has 0 radical (unpaired) electrons. The molecule has 0 saturated carbocycles. The van der Waals surface area contributed by atoms with E-state index in [-0.39, 0.29) is 11.9 Å². The number of rotatable bonds is 3. The van der Waals surface area contributed by atoms with E-state index in [4.69, 9.17) is 17.4 Å². The molecule has 2 nitrogen and oxygen atoms in total. The topological polar surface area (TPSA) is 38.0 Å². The van der Waals surface area contributed by atoms with Gasteiger partial charge in [0, 0.05) is 5.02 Å². The Bertz CT molecular complexity index is 557. The fourth-order valence-corrected chi connectivity index (χ4v) is 2.23. The molecule has 0 heterocycles. The number of hydrazine groups is 1. The second-order valence-corrected chi connectivity index (χ2v) is 4.59. The largest absolute Gasteiger partial charge is 0.271 e. The van der Waals surface area contributed by atoms with Crippen molar-refractivity contribution in [1.82, 2.24) is 5.43 Å². The van der Waals surface area contributed by atoms with E-state index < -0.39 is 0 Å². The van der Waals surface area contributed by atoms with Crippen LogP contribution in [0.15, 0.2) is 42.5 Å². The minimum atomic E-state index is -0.358. The molecule has 2 aromatic rings. The van der Waals surface area contributed by atoms with Gasteiger partial charge in [0.15, 0.2) is 0 Å². The molecule has 0 bridgehead atoms. The smallest absolute Gasteiger partial charge is 0.124 e. The maximum atomic E-state index is 13.0. The third-order valence-electron chi connectivity index (χ3n) is 2.82. The lowest BCUT2D eigenvalue weighted by Crippen LogP contribution is -2.29. The van der Waals surface area contributed by atoms with Gasteiger partial charge in [-0.25, -0.2) is 9.82 Å². The first-order valence-corrected chi connectivity index (χ1v) is 5.97. The Morgan fingerprint density at radius 2 is 2.00 bits per heavy atom. The first-order valence-electron chi connectivity index (χ1n) is 5.59. The van der Waals surface area contributed by atoms with Gasteiger partial charge in [0.05, 0.1) is 6.04 Å². The fourth-order valence-electron chi connectivity index (χ4n) is 1.95. The molecule has 0 aromatic heterocycles. The van der Waals surface area contributed by atoms with Gasteiger partial charge in [0.1, 0.15) is 5.82 Å².